The van der Waals surface area contributed by atoms with Gasteiger partial charge < -0.3 is 15.4 Å². The molecule has 0 aliphatic rings. The number of rotatable bonds is 7. The Labute approximate surface area is 127 Å². The third-order valence-corrected chi connectivity index (χ3v) is 2.62. The largest absolute Gasteiger partial charge is 0.467 e. The molecule has 0 spiro atoms. The molecule has 0 radical (unpaired) electrons. The Morgan fingerprint density at radius 3 is 2.00 bits per heavy atom. The second-order valence-electron chi connectivity index (χ2n) is 6.57. The lowest BCUT2D eigenvalue weighted by Crippen LogP contribution is -2.43. The molecule has 0 heterocycles. The number of methoxy groups -OCH3 is 1. The van der Waals surface area contributed by atoms with Crippen molar-refractivity contribution in [3.63, 3.8) is 0 Å². The molecule has 1 atom stereocenters. The highest BCUT2D eigenvalue weighted by atomic mass is 16.5. The zero-order chi connectivity index (χ0) is 16.6. The summed E-state index contributed by atoms with van der Waals surface area (Å²) in [5.74, 6) is -0.721. The van der Waals surface area contributed by atoms with Gasteiger partial charge in [-0.3, -0.25) is 9.59 Å². The van der Waals surface area contributed by atoms with E-state index >= 15 is 0 Å². The predicted molar refractivity (Wildman–Crippen MR) is 80.5 cm³/mol. The summed E-state index contributed by atoms with van der Waals surface area (Å²) in [5.41, 5.74) is -0.320. The minimum atomic E-state index is -0.659. The van der Waals surface area contributed by atoms with E-state index in [4.69, 9.17) is 0 Å². The van der Waals surface area contributed by atoms with Crippen LogP contribution in [0.4, 0.5) is 0 Å². The summed E-state index contributed by atoms with van der Waals surface area (Å²) in [4.78, 5) is 35.1. The average Bonchev–Trinajstić information content (AvgIpc) is 2.32. The zero-order valence-electron chi connectivity index (χ0n) is 13.9. The van der Waals surface area contributed by atoms with Gasteiger partial charge in [0.25, 0.3) is 0 Å². The summed E-state index contributed by atoms with van der Waals surface area (Å²) in [5, 5.41) is 5.41. The summed E-state index contributed by atoms with van der Waals surface area (Å²) in [6, 6.07) is -0.659. The lowest BCUT2D eigenvalue weighted by molar-refractivity contribution is -0.145. The standard InChI is InChI=1S/C15H28N2O4/c1-10(2)9-11(14(20)21-6)16-12(18)7-8-13(19)17-15(3,4)5/h10-11H,7-9H2,1-6H3,(H,16,18)(H,17,19)/t11-/m0/s1. The summed E-state index contributed by atoms with van der Waals surface area (Å²) >= 11 is 0. The van der Waals surface area contributed by atoms with Gasteiger partial charge in [-0.2, -0.15) is 0 Å². The van der Waals surface area contributed by atoms with Crippen molar-refractivity contribution >= 4 is 17.8 Å². The van der Waals surface area contributed by atoms with Gasteiger partial charge in [-0.25, -0.2) is 4.79 Å². The molecule has 0 bridgehead atoms. The molecule has 6 nitrogen and oxygen atoms in total. The predicted octanol–water partition coefficient (Wildman–Crippen LogP) is 1.39. The van der Waals surface area contributed by atoms with Gasteiger partial charge in [-0.15, -0.1) is 0 Å². The molecule has 0 unspecified atom stereocenters. The molecule has 122 valence electrons. The van der Waals surface area contributed by atoms with Crippen LogP contribution in [0.3, 0.4) is 0 Å². The Balaban J connectivity index is 4.32. The summed E-state index contributed by atoms with van der Waals surface area (Å²) in [7, 11) is 1.29. The van der Waals surface area contributed by atoms with Gasteiger partial charge >= 0.3 is 5.97 Å². The quantitative estimate of drug-likeness (QED) is 0.696. The van der Waals surface area contributed by atoms with Crippen LogP contribution in [0.5, 0.6) is 0 Å². The molecule has 0 saturated carbocycles. The van der Waals surface area contributed by atoms with E-state index in [0.717, 1.165) is 0 Å². The van der Waals surface area contributed by atoms with Crippen LogP contribution in [0.15, 0.2) is 0 Å². The van der Waals surface area contributed by atoms with E-state index in [1.807, 2.05) is 34.6 Å². The van der Waals surface area contributed by atoms with Crippen molar-refractivity contribution in [3.05, 3.63) is 0 Å². The summed E-state index contributed by atoms with van der Waals surface area (Å²) in [6.07, 6.45) is 0.652. The number of hydrogen-bond acceptors (Lipinski definition) is 4. The Morgan fingerprint density at radius 2 is 1.57 bits per heavy atom. The van der Waals surface area contributed by atoms with Crippen molar-refractivity contribution in [2.45, 2.75) is 65.5 Å². The van der Waals surface area contributed by atoms with E-state index in [0.29, 0.717) is 6.42 Å². The molecule has 0 aliphatic heterocycles. The van der Waals surface area contributed by atoms with E-state index < -0.39 is 12.0 Å². The van der Waals surface area contributed by atoms with Gasteiger partial charge in [0.15, 0.2) is 0 Å². The third-order valence-electron chi connectivity index (χ3n) is 2.62. The van der Waals surface area contributed by atoms with Crippen LogP contribution in [-0.2, 0) is 19.1 Å². The van der Waals surface area contributed by atoms with Crippen molar-refractivity contribution in [3.8, 4) is 0 Å². The number of carbonyl (C=O) groups excluding carboxylic acids is 3. The molecule has 2 N–H and O–H groups in total. The Morgan fingerprint density at radius 1 is 1.05 bits per heavy atom. The van der Waals surface area contributed by atoms with Crippen LogP contribution in [0, 0.1) is 5.92 Å². The molecule has 6 heteroatoms. The molecule has 0 aromatic heterocycles. The molecule has 0 rings (SSSR count). The first-order chi connectivity index (χ1) is 9.55. The minimum absolute atomic E-state index is 0.0491. The molecule has 0 aromatic carbocycles. The molecule has 0 aromatic rings. The molecule has 2 amide bonds. The number of amides is 2. The monoisotopic (exact) mass is 300 g/mol. The van der Waals surface area contributed by atoms with Crippen LogP contribution < -0.4 is 10.6 Å². The summed E-state index contributed by atoms with van der Waals surface area (Å²) < 4.78 is 4.67. The highest BCUT2D eigenvalue weighted by Gasteiger charge is 2.23. The van der Waals surface area contributed by atoms with Crippen molar-refractivity contribution in [2.24, 2.45) is 5.92 Å². The summed E-state index contributed by atoms with van der Waals surface area (Å²) in [6.45, 7) is 9.54. The Kier molecular flexibility index (Phi) is 7.99. The van der Waals surface area contributed by atoms with Gasteiger partial charge in [0.2, 0.25) is 11.8 Å². The molecule has 21 heavy (non-hydrogen) atoms. The Bertz CT molecular complexity index is 372. The normalized spacial score (nSPS) is 12.7. The fourth-order valence-corrected chi connectivity index (χ4v) is 1.80. The maximum atomic E-state index is 11.8. The highest BCUT2D eigenvalue weighted by Crippen LogP contribution is 2.07. The van der Waals surface area contributed by atoms with Gasteiger partial charge in [-0.05, 0) is 33.1 Å². The maximum absolute atomic E-state index is 11.8. The molecule has 0 fully saturated rings. The van der Waals surface area contributed by atoms with E-state index in [9.17, 15) is 14.4 Å². The van der Waals surface area contributed by atoms with Crippen molar-refractivity contribution in [1.82, 2.24) is 10.6 Å². The SMILES string of the molecule is COC(=O)[C@H](CC(C)C)NC(=O)CCC(=O)NC(C)(C)C. The highest BCUT2D eigenvalue weighted by molar-refractivity contribution is 5.87. The van der Waals surface area contributed by atoms with Gasteiger partial charge in [0.1, 0.15) is 6.04 Å². The van der Waals surface area contributed by atoms with Crippen molar-refractivity contribution < 1.29 is 19.1 Å². The molecule has 0 saturated heterocycles. The van der Waals surface area contributed by atoms with Gasteiger partial charge in [0.05, 0.1) is 7.11 Å². The maximum Gasteiger partial charge on any atom is 0.328 e. The number of carbonyl (C=O) groups is 3. The first-order valence-corrected chi connectivity index (χ1v) is 7.23. The van der Waals surface area contributed by atoms with Crippen molar-refractivity contribution in [1.29, 1.82) is 0 Å². The number of esters is 1. The van der Waals surface area contributed by atoms with Crippen LogP contribution in [0.1, 0.15) is 53.9 Å². The molecule has 0 aliphatic carbocycles. The Hall–Kier alpha value is -1.59. The lowest BCUT2D eigenvalue weighted by atomic mass is 10.0. The van der Waals surface area contributed by atoms with Crippen LogP contribution >= 0.6 is 0 Å². The molecular weight excluding hydrogens is 272 g/mol. The van der Waals surface area contributed by atoms with Gasteiger partial charge in [-0.1, -0.05) is 13.8 Å². The fourth-order valence-electron chi connectivity index (χ4n) is 1.80. The van der Waals surface area contributed by atoms with Crippen molar-refractivity contribution in [2.75, 3.05) is 7.11 Å². The lowest BCUT2D eigenvalue weighted by Gasteiger charge is -2.21. The fraction of sp³-hybridized carbons (Fsp3) is 0.800. The van der Waals surface area contributed by atoms with Crippen LogP contribution in [-0.4, -0.2) is 36.5 Å². The third kappa shape index (κ3) is 9.87. The van der Waals surface area contributed by atoms with Crippen LogP contribution in [0.25, 0.3) is 0 Å². The first kappa shape index (κ1) is 19.4. The van der Waals surface area contributed by atoms with E-state index in [1.165, 1.54) is 7.11 Å². The smallest absolute Gasteiger partial charge is 0.328 e. The second-order valence-corrected chi connectivity index (χ2v) is 6.57. The van der Waals surface area contributed by atoms with Gasteiger partial charge in [0, 0.05) is 18.4 Å². The molecular formula is C15H28N2O4. The second kappa shape index (κ2) is 8.64. The minimum Gasteiger partial charge on any atom is -0.467 e. The number of nitrogens with one attached hydrogen (secondary N) is 2. The van der Waals surface area contributed by atoms with E-state index in [1.54, 1.807) is 0 Å². The zero-order valence-corrected chi connectivity index (χ0v) is 13.9. The number of ether oxygens (including phenoxy) is 1. The first-order valence-electron chi connectivity index (χ1n) is 7.23. The van der Waals surface area contributed by atoms with E-state index in [-0.39, 0.29) is 36.1 Å². The van der Waals surface area contributed by atoms with E-state index in [2.05, 4.69) is 15.4 Å². The topological polar surface area (TPSA) is 84.5 Å². The number of hydrogen-bond donors (Lipinski definition) is 2. The average molecular weight is 300 g/mol. The van der Waals surface area contributed by atoms with Crippen LogP contribution in [0.2, 0.25) is 0 Å².